The second-order valence-corrected chi connectivity index (χ2v) is 5.88. The number of rotatable bonds is 3. The fraction of sp³-hybridized carbons (Fsp3) is 0.263. The second kappa shape index (κ2) is 6.35. The number of aromatic nitrogens is 2. The lowest BCUT2D eigenvalue weighted by molar-refractivity contribution is 0.415. The molecular weight excluding hydrogens is 300 g/mol. The Hall–Kier alpha value is -2.82. The molecule has 4 rings (SSSR count). The number of anilines is 2. The lowest BCUT2D eigenvalue weighted by atomic mass is 10.2. The molecule has 1 saturated heterocycles. The number of piperazine rings is 1. The summed E-state index contributed by atoms with van der Waals surface area (Å²) in [7, 11) is 1.69. The number of imidazole rings is 1. The quantitative estimate of drug-likeness (QED) is 0.742. The van der Waals surface area contributed by atoms with Crippen molar-refractivity contribution in [3.05, 3.63) is 54.6 Å². The highest BCUT2D eigenvalue weighted by atomic mass is 16.5. The van der Waals surface area contributed by atoms with E-state index >= 15 is 0 Å². The van der Waals surface area contributed by atoms with Gasteiger partial charge >= 0.3 is 0 Å². The first-order valence-corrected chi connectivity index (χ1v) is 8.20. The van der Waals surface area contributed by atoms with Crippen molar-refractivity contribution < 1.29 is 4.74 Å². The first-order valence-electron chi connectivity index (χ1n) is 8.20. The summed E-state index contributed by atoms with van der Waals surface area (Å²) in [5, 5.41) is 0. The molecule has 0 aromatic heterocycles. The van der Waals surface area contributed by atoms with Crippen LogP contribution in [0.2, 0.25) is 0 Å². The van der Waals surface area contributed by atoms with Gasteiger partial charge in [0.15, 0.2) is 0 Å². The van der Waals surface area contributed by atoms with Crippen LogP contribution >= 0.6 is 0 Å². The maximum atomic E-state index is 5.22. The Bertz CT molecular complexity index is 751. The summed E-state index contributed by atoms with van der Waals surface area (Å²) in [6.07, 6.45) is 0. The maximum Gasteiger partial charge on any atom is 0.226 e. The van der Waals surface area contributed by atoms with E-state index in [-0.39, 0.29) is 0 Å². The first-order chi connectivity index (χ1) is 11.8. The van der Waals surface area contributed by atoms with E-state index < -0.39 is 0 Å². The first kappa shape index (κ1) is 14.8. The Balaban J connectivity index is 1.46. The average Bonchev–Trinajstić information content (AvgIpc) is 2.92. The van der Waals surface area contributed by atoms with Gasteiger partial charge in [-0.1, -0.05) is 18.2 Å². The molecule has 5 heteroatoms. The van der Waals surface area contributed by atoms with Crippen molar-refractivity contribution >= 4 is 11.6 Å². The zero-order valence-corrected chi connectivity index (χ0v) is 13.7. The molecule has 0 bridgehead atoms. The molecule has 0 spiro atoms. The van der Waals surface area contributed by atoms with E-state index in [1.807, 2.05) is 42.5 Å². The van der Waals surface area contributed by atoms with Gasteiger partial charge in [0.1, 0.15) is 5.75 Å². The maximum absolute atomic E-state index is 5.22. The van der Waals surface area contributed by atoms with Crippen molar-refractivity contribution in [3.8, 4) is 17.1 Å². The van der Waals surface area contributed by atoms with Crippen LogP contribution in [0, 0.1) is 0 Å². The van der Waals surface area contributed by atoms with Gasteiger partial charge in [0.2, 0.25) is 5.95 Å². The van der Waals surface area contributed by atoms with Gasteiger partial charge in [0.25, 0.3) is 0 Å². The number of methoxy groups -OCH3 is 1. The fourth-order valence-electron chi connectivity index (χ4n) is 3.06. The normalized spacial score (nSPS) is 14.9. The van der Waals surface area contributed by atoms with Crippen molar-refractivity contribution in [2.75, 3.05) is 43.1 Å². The van der Waals surface area contributed by atoms with E-state index in [1.165, 1.54) is 5.69 Å². The summed E-state index contributed by atoms with van der Waals surface area (Å²) in [5.41, 5.74) is 3.14. The van der Waals surface area contributed by atoms with E-state index in [0.717, 1.165) is 49.3 Å². The Morgan fingerprint density at radius 3 is 1.92 bits per heavy atom. The molecule has 0 saturated carbocycles. The molecule has 0 unspecified atom stereocenters. The van der Waals surface area contributed by atoms with Crippen molar-refractivity contribution in [2.45, 2.75) is 0 Å². The summed E-state index contributed by atoms with van der Waals surface area (Å²) in [4.78, 5) is 14.0. The zero-order chi connectivity index (χ0) is 16.4. The number of fused-ring (bicyclic) bond motifs is 1. The number of hydrogen-bond acceptors (Lipinski definition) is 5. The molecule has 1 aromatic carbocycles. The number of benzene rings is 1. The predicted octanol–water partition coefficient (Wildman–Crippen LogP) is 2.92. The van der Waals surface area contributed by atoms with E-state index in [1.54, 1.807) is 7.11 Å². The third-order valence-electron chi connectivity index (χ3n) is 4.43. The molecule has 1 fully saturated rings. The lowest BCUT2D eigenvalue weighted by Gasteiger charge is -2.35. The molecule has 5 nitrogen and oxygen atoms in total. The molecule has 122 valence electrons. The van der Waals surface area contributed by atoms with Crippen LogP contribution < -0.4 is 14.5 Å². The number of hydrogen-bond donors (Lipinski definition) is 0. The summed E-state index contributed by atoms with van der Waals surface area (Å²) < 4.78 is 5.22. The SMILES string of the molecule is COc1ccc(N2CCN(c3nc4cccccc-4n3)CC2)cc1. The van der Waals surface area contributed by atoms with Crippen molar-refractivity contribution in [2.24, 2.45) is 0 Å². The van der Waals surface area contributed by atoms with Gasteiger partial charge < -0.3 is 14.5 Å². The molecule has 0 atom stereocenters. The fourth-order valence-corrected chi connectivity index (χ4v) is 3.06. The molecule has 3 aliphatic rings. The molecule has 0 radical (unpaired) electrons. The summed E-state index contributed by atoms with van der Waals surface area (Å²) in [6.45, 7) is 3.78. The van der Waals surface area contributed by atoms with Gasteiger partial charge in [-0.05, 0) is 36.4 Å². The highest BCUT2D eigenvalue weighted by Crippen LogP contribution is 2.25. The summed E-state index contributed by atoms with van der Waals surface area (Å²) >= 11 is 0. The van der Waals surface area contributed by atoms with Crippen LogP contribution in [0.3, 0.4) is 0 Å². The minimum absolute atomic E-state index is 0.839. The van der Waals surface area contributed by atoms with Crippen molar-refractivity contribution in [1.82, 2.24) is 9.97 Å². The monoisotopic (exact) mass is 320 g/mol. The van der Waals surface area contributed by atoms with Crippen molar-refractivity contribution in [1.29, 1.82) is 0 Å². The van der Waals surface area contributed by atoms with Crippen LogP contribution in [0.25, 0.3) is 11.4 Å². The molecule has 24 heavy (non-hydrogen) atoms. The van der Waals surface area contributed by atoms with Gasteiger partial charge in [-0.2, -0.15) is 0 Å². The highest BCUT2D eigenvalue weighted by Gasteiger charge is 2.21. The van der Waals surface area contributed by atoms with Gasteiger partial charge in [-0.3, -0.25) is 0 Å². The Kier molecular flexibility index (Phi) is 3.91. The number of ether oxygens (including phenoxy) is 1. The average molecular weight is 320 g/mol. The van der Waals surface area contributed by atoms with Crippen LogP contribution in [0.15, 0.2) is 54.6 Å². The van der Waals surface area contributed by atoms with E-state index in [2.05, 4.69) is 31.9 Å². The molecule has 1 aliphatic carbocycles. The Labute approximate surface area is 141 Å². The van der Waals surface area contributed by atoms with Gasteiger partial charge in [0.05, 0.1) is 18.5 Å². The topological polar surface area (TPSA) is 41.5 Å². The van der Waals surface area contributed by atoms with Crippen LogP contribution in [0.5, 0.6) is 5.75 Å². The molecule has 0 amide bonds. The van der Waals surface area contributed by atoms with E-state index in [0.29, 0.717) is 0 Å². The Morgan fingerprint density at radius 1 is 0.750 bits per heavy atom. The summed E-state index contributed by atoms with van der Waals surface area (Å²) in [6, 6.07) is 18.3. The van der Waals surface area contributed by atoms with E-state index in [4.69, 9.17) is 4.74 Å². The molecule has 0 N–H and O–H groups in total. The lowest BCUT2D eigenvalue weighted by Crippen LogP contribution is -2.46. The van der Waals surface area contributed by atoms with E-state index in [9.17, 15) is 0 Å². The Morgan fingerprint density at radius 2 is 1.33 bits per heavy atom. The summed E-state index contributed by atoms with van der Waals surface area (Å²) in [5.74, 6) is 1.73. The number of nitrogens with zero attached hydrogens (tertiary/aromatic N) is 4. The van der Waals surface area contributed by atoms with Crippen molar-refractivity contribution in [3.63, 3.8) is 0 Å². The standard InChI is InChI=1S/C19H20N4O/c1-24-16-9-7-15(8-10-16)22-11-13-23(14-12-22)19-20-17-5-3-2-4-6-18(17)21-19/h2-10H,11-14H2,1H3. The molecule has 2 heterocycles. The van der Waals surface area contributed by atoms with Crippen LogP contribution in [0.4, 0.5) is 11.6 Å². The van der Waals surface area contributed by atoms with Crippen LogP contribution in [-0.2, 0) is 0 Å². The van der Waals surface area contributed by atoms with Gasteiger partial charge in [-0.25, -0.2) is 9.97 Å². The minimum Gasteiger partial charge on any atom is -0.497 e. The zero-order valence-electron chi connectivity index (χ0n) is 13.7. The van der Waals surface area contributed by atoms with Gasteiger partial charge in [0, 0.05) is 31.9 Å². The second-order valence-electron chi connectivity index (χ2n) is 5.88. The molecular formula is C19H20N4O. The highest BCUT2D eigenvalue weighted by molar-refractivity contribution is 5.60. The van der Waals surface area contributed by atoms with Crippen LogP contribution in [0.1, 0.15) is 0 Å². The smallest absolute Gasteiger partial charge is 0.226 e. The third kappa shape index (κ3) is 2.85. The molecule has 2 aliphatic heterocycles. The third-order valence-corrected chi connectivity index (χ3v) is 4.43. The largest absolute Gasteiger partial charge is 0.497 e. The molecule has 1 aromatic rings. The predicted molar refractivity (Wildman–Crippen MR) is 96.1 cm³/mol. The minimum atomic E-state index is 0.839. The van der Waals surface area contributed by atoms with Gasteiger partial charge in [-0.15, -0.1) is 0 Å². The van der Waals surface area contributed by atoms with Crippen LogP contribution in [-0.4, -0.2) is 43.3 Å².